The molecule has 0 aliphatic carbocycles. The van der Waals surface area contributed by atoms with Gasteiger partial charge in [-0.1, -0.05) is 0 Å². The van der Waals surface area contributed by atoms with Crippen molar-refractivity contribution in [2.45, 2.75) is 26.4 Å². The molecule has 1 heterocycles. The van der Waals surface area contributed by atoms with Crippen molar-refractivity contribution < 1.29 is 19.4 Å². The Kier molecular flexibility index (Phi) is 4.23. The van der Waals surface area contributed by atoms with E-state index < -0.39 is 17.7 Å². The van der Waals surface area contributed by atoms with Crippen molar-refractivity contribution in [2.24, 2.45) is 0 Å². The van der Waals surface area contributed by atoms with E-state index in [4.69, 9.17) is 9.84 Å². The minimum Gasteiger partial charge on any atom is -0.476 e. The lowest BCUT2D eigenvalue weighted by Gasteiger charge is -2.19. The molecule has 1 rings (SSSR count). The summed E-state index contributed by atoms with van der Waals surface area (Å²) in [5.41, 5.74) is -0.859. The number of carboxylic acids is 1. The molecule has 7 nitrogen and oxygen atoms in total. The number of amides is 1. The van der Waals surface area contributed by atoms with Crippen molar-refractivity contribution in [3.05, 3.63) is 16.2 Å². The maximum atomic E-state index is 11.5. The Morgan fingerprint density at radius 3 is 2.44 bits per heavy atom. The Hall–Kier alpha value is -1.70. The summed E-state index contributed by atoms with van der Waals surface area (Å²) in [4.78, 5) is 22.1. The maximum absolute atomic E-state index is 11.5. The summed E-state index contributed by atoms with van der Waals surface area (Å²) >= 11 is 3.09. The van der Waals surface area contributed by atoms with Gasteiger partial charge in [0.05, 0.1) is 4.47 Å². The van der Waals surface area contributed by atoms with E-state index in [1.54, 1.807) is 20.8 Å². The van der Waals surface area contributed by atoms with Crippen LogP contribution in [0.15, 0.2) is 10.5 Å². The van der Waals surface area contributed by atoms with Crippen LogP contribution in [0.4, 0.5) is 10.6 Å². The Bertz CT molecular complexity index is 485. The van der Waals surface area contributed by atoms with Gasteiger partial charge in [-0.15, -0.1) is 10.2 Å². The highest BCUT2D eigenvalue weighted by Gasteiger charge is 2.18. The summed E-state index contributed by atoms with van der Waals surface area (Å²) in [7, 11) is 0. The molecule has 1 aromatic heterocycles. The molecule has 0 saturated heterocycles. The molecular formula is C10H12BrN3O4. The molecule has 2 N–H and O–H groups in total. The molecule has 8 heteroatoms. The van der Waals surface area contributed by atoms with Gasteiger partial charge >= 0.3 is 12.1 Å². The second kappa shape index (κ2) is 5.30. The smallest absolute Gasteiger partial charge is 0.413 e. The van der Waals surface area contributed by atoms with E-state index in [2.05, 4.69) is 31.4 Å². The number of nitrogens with zero attached hydrogens (tertiary/aromatic N) is 2. The summed E-state index contributed by atoms with van der Waals surface area (Å²) in [6, 6.07) is 1.24. The lowest BCUT2D eigenvalue weighted by molar-refractivity contribution is 0.0634. The fourth-order valence-electron chi connectivity index (χ4n) is 0.958. The number of aromatic carboxylic acids is 1. The number of hydrogen-bond donors (Lipinski definition) is 2. The van der Waals surface area contributed by atoms with E-state index in [0.717, 1.165) is 0 Å². The first-order chi connectivity index (χ1) is 8.19. The standard InChI is InChI=1S/C10H12BrN3O4/c1-10(2,3)18-9(17)12-7-5(11)4-6(8(15)16)13-14-7/h4H,1-3H3,(H,15,16)(H,12,14,17). The van der Waals surface area contributed by atoms with Gasteiger partial charge in [0.2, 0.25) is 0 Å². The normalized spacial score (nSPS) is 10.9. The highest BCUT2D eigenvalue weighted by molar-refractivity contribution is 9.10. The highest BCUT2D eigenvalue weighted by Crippen LogP contribution is 2.20. The molecule has 1 amide bonds. The number of ether oxygens (including phenoxy) is 1. The first-order valence-corrected chi connectivity index (χ1v) is 5.75. The van der Waals surface area contributed by atoms with Gasteiger partial charge in [-0.3, -0.25) is 5.32 Å². The minimum atomic E-state index is -1.20. The van der Waals surface area contributed by atoms with Gasteiger partial charge < -0.3 is 9.84 Å². The van der Waals surface area contributed by atoms with Crippen LogP contribution in [0.25, 0.3) is 0 Å². The molecule has 0 fully saturated rings. The molecule has 98 valence electrons. The summed E-state index contributed by atoms with van der Waals surface area (Å²) in [6.07, 6.45) is -0.694. The van der Waals surface area contributed by atoms with E-state index in [9.17, 15) is 9.59 Å². The maximum Gasteiger partial charge on any atom is 0.413 e. The number of anilines is 1. The van der Waals surface area contributed by atoms with Crippen molar-refractivity contribution in [2.75, 3.05) is 5.32 Å². The Labute approximate surface area is 112 Å². The third kappa shape index (κ3) is 4.28. The largest absolute Gasteiger partial charge is 0.476 e. The van der Waals surface area contributed by atoms with E-state index in [-0.39, 0.29) is 11.5 Å². The van der Waals surface area contributed by atoms with Crippen molar-refractivity contribution in [3.63, 3.8) is 0 Å². The molecule has 0 aliphatic rings. The lowest BCUT2D eigenvalue weighted by atomic mass is 10.2. The molecule has 0 aromatic carbocycles. The third-order valence-corrected chi connectivity index (χ3v) is 2.19. The summed E-state index contributed by atoms with van der Waals surface area (Å²) < 4.78 is 5.33. The zero-order valence-corrected chi connectivity index (χ0v) is 11.6. The van der Waals surface area contributed by atoms with Gasteiger partial charge in [0, 0.05) is 0 Å². The van der Waals surface area contributed by atoms with Crippen LogP contribution in [-0.2, 0) is 4.74 Å². The topological polar surface area (TPSA) is 101 Å². The number of carbonyl (C=O) groups excluding carboxylic acids is 1. The van der Waals surface area contributed by atoms with Crippen molar-refractivity contribution >= 4 is 33.8 Å². The van der Waals surface area contributed by atoms with E-state index in [0.29, 0.717) is 4.47 Å². The lowest BCUT2D eigenvalue weighted by Crippen LogP contribution is -2.27. The molecule has 0 aliphatic heterocycles. The summed E-state index contributed by atoms with van der Waals surface area (Å²) in [6.45, 7) is 5.17. The predicted molar refractivity (Wildman–Crippen MR) is 66.5 cm³/mol. The van der Waals surface area contributed by atoms with Gasteiger partial charge in [-0.25, -0.2) is 9.59 Å². The summed E-state index contributed by atoms with van der Waals surface area (Å²) in [5.74, 6) is -1.11. The molecule has 0 spiro atoms. The average Bonchev–Trinajstić information content (AvgIpc) is 2.17. The second-order valence-electron chi connectivity index (χ2n) is 4.36. The van der Waals surface area contributed by atoms with Gasteiger partial charge in [-0.05, 0) is 42.8 Å². The van der Waals surface area contributed by atoms with Crippen LogP contribution in [-0.4, -0.2) is 33.0 Å². The number of carboxylic acid groups (broad SMARTS) is 1. The van der Waals surface area contributed by atoms with Gasteiger partial charge in [0.15, 0.2) is 11.5 Å². The molecule has 0 saturated carbocycles. The molecule has 18 heavy (non-hydrogen) atoms. The number of halogens is 1. The fraction of sp³-hybridized carbons (Fsp3) is 0.400. The van der Waals surface area contributed by atoms with Crippen LogP contribution in [0.5, 0.6) is 0 Å². The van der Waals surface area contributed by atoms with Gasteiger partial charge in [-0.2, -0.15) is 0 Å². The monoisotopic (exact) mass is 317 g/mol. The minimum absolute atomic E-state index is 0.0919. The van der Waals surface area contributed by atoms with Crippen molar-refractivity contribution in [3.8, 4) is 0 Å². The van der Waals surface area contributed by atoms with Crippen LogP contribution in [0.1, 0.15) is 31.3 Å². The summed E-state index contributed by atoms with van der Waals surface area (Å²) in [5, 5.41) is 18.1. The first-order valence-electron chi connectivity index (χ1n) is 4.95. The molecule has 0 radical (unpaired) electrons. The van der Waals surface area contributed by atoms with Crippen LogP contribution >= 0.6 is 15.9 Å². The van der Waals surface area contributed by atoms with Crippen molar-refractivity contribution in [1.82, 2.24) is 10.2 Å². The van der Waals surface area contributed by atoms with E-state index >= 15 is 0 Å². The number of rotatable bonds is 2. The third-order valence-electron chi connectivity index (χ3n) is 1.59. The van der Waals surface area contributed by atoms with Gasteiger partial charge in [0.1, 0.15) is 5.60 Å². The molecule has 0 bridgehead atoms. The average molecular weight is 318 g/mol. The number of nitrogens with one attached hydrogen (secondary N) is 1. The fourth-order valence-corrected chi connectivity index (χ4v) is 1.35. The van der Waals surface area contributed by atoms with Crippen LogP contribution in [0.2, 0.25) is 0 Å². The van der Waals surface area contributed by atoms with Crippen LogP contribution < -0.4 is 5.32 Å². The Morgan fingerprint density at radius 2 is 2.00 bits per heavy atom. The Balaban J connectivity index is 2.80. The van der Waals surface area contributed by atoms with Gasteiger partial charge in [0.25, 0.3) is 0 Å². The van der Waals surface area contributed by atoms with E-state index in [1.165, 1.54) is 6.07 Å². The molecule has 0 unspecified atom stereocenters. The van der Waals surface area contributed by atoms with E-state index in [1.807, 2.05) is 0 Å². The highest BCUT2D eigenvalue weighted by atomic mass is 79.9. The molecule has 1 aromatic rings. The zero-order valence-electron chi connectivity index (χ0n) is 10.0. The van der Waals surface area contributed by atoms with Crippen LogP contribution in [0.3, 0.4) is 0 Å². The SMILES string of the molecule is CC(C)(C)OC(=O)Nc1nnc(C(=O)O)cc1Br. The quantitative estimate of drug-likeness (QED) is 0.867. The number of carbonyl (C=O) groups is 2. The zero-order chi connectivity index (χ0) is 13.9. The second-order valence-corrected chi connectivity index (χ2v) is 5.21. The van der Waals surface area contributed by atoms with Crippen molar-refractivity contribution in [1.29, 1.82) is 0 Å². The Morgan fingerprint density at radius 1 is 1.39 bits per heavy atom. The van der Waals surface area contributed by atoms with Crippen LogP contribution in [0, 0.1) is 0 Å². The molecular weight excluding hydrogens is 306 g/mol. The number of aromatic nitrogens is 2. The predicted octanol–water partition coefficient (Wildman–Crippen LogP) is 2.28. The molecule has 0 atom stereocenters. The number of hydrogen-bond acceptors (Lipinski definition) is 5. The first kappa shape index (κ1) is 14.4.